The average molecular weight is 458 g/mol. The van der Waals surface area contributed by atoms with E-state index in [1.807, 2.05) is 17.5 Å². The summed E-state index contributed by atoms with van der Waals surface area (Å²) < 4.78 is 13.2. The van der Waals surface area contributed by atoms with Gasteiger partial charge in [0.25, 0.3) is 5.91 Å². The van der Waals surface area contributed by atoms with Crippen LogP contribution in [0.1, 0.15) is 11.3 Å². The molecule has 0 saturated carbocycles. The van der Waals surface area contributed by atoms with Crippen LogP contribution in [0.15, 0.2) is 66.0 Å². The lowest BCUT2D eigenvalue weighted by molar-refractivity contribution is -0.122. The SMILES string of the molecule is O=C1CC(N(Cc2cccs2)C(=O)Nc2ccc(F)cc2)C(=O)N1c1ccc(Cl)cc1. The Hall–Kier alpha value is -3.23. The number of hydrogen-bond acceptors (Lipinski definition) is 4. The maximum atomic E-state index is 13.2. The molecule has 9 heteroatoms. The van der Waals surface area contributed by atoms with Crippen molar-refractivity contribution < 1.29 is 18.8 Å². The highest BCUT2D eigenvalue weighted by Gasteiger charge is 2.44. The number of thiophene rings is 1. The Bertz CT molecular complexity index is 1100. The number of carbonyl (C=O) groups is 3. The van der Waals surface area contributed by atoms with Crippen molar-refractivity contribution in [2.45, 2.75) is 19.0 Å². The van der Waals surface area contributed by atoms with Crippen LogP contribution < -0.4 is 10.2 Å². The Morgan fingerprint density at radius 2 is 1.84 bits per heavy atom. The summed E-state index contributed by atoms with van der Waals surface area (Å²) in [5, 5.41) is 5.03. The molecule has 2 aromatic carbocycles. The number of nitrogens with one attached hydrogen (secondary N) is 1. The largest absolute Gasteiger partial charge is 0.322 e. The van der Waals surface area contributed by atoms with Gasteiger partial charge in [0.1, 0.15) is 11.9 Å². The number of benzene rings is 2. The number of carbonyl (C=O) groups excluding carboxylic acids is 3. The first-order valence-electron chi connectivity index (χ1n) is 9.40. The van der Waals surface area contributed by atoms with Gasteiger partial charge in [-0.15, -0.1) is 11.3 Å². The second-order valence-corrected chi connectivity index (χ2v) is 8.38. The van der Waals surface area contributed by atoms with E-state index >= 15 is 0 Å². The molecule has 0 aliphatic carbocycles. The highest BCUT2D eigenvalue weighted by atomic mass is 35.5. The molecular formula is C22H17ClFN3O3S. The molecule has 1 aliphatic heterocycles. The van der Waals surface area contributed by atoms with Gasteiger partial charge in [-0.25, -0.2) is 14.1 Å². The molecule has 0 spiro atoms. The molecule has 1 fully saturated rings. The van der Waals surface area contributed by atoms with Crippen LogP contribution in [-0.2, 0) is 16.1 Å². The maximum absolute atomic E-state index is 13.2. The second-order valence-electron chi connectivity index (χ2n) is 6.91. The molecule has 1 atom stereocenters. The number of halogens is 2. The molecule has 1 unspecified atom stereocenters. The van der Waals surface area contributed by atoms with E-state index in [9.17, 15) is 18.8 Å². The lowest BCUT2D eigenvalue weighted by atomic mass is 10.2. The fourth-order valence-electron chi connectivity index (χ4n) is 3.34. The van der Waals surface area contributed by atoms with Gasteiger partial charge in [-0.3, -0.25) is 9.59 Å². The van der Waals surface area contributed by atoms with E-state index in [0.717, 1.165) is 9.78 Å². The van der Waals surface area contributed by atoms with Gasteiger partial charge in [0.15, 0.2) is 0 Å². The lowest BCUT2D eigenvalue weighted by Gasteiger charge is -2.27. The summed E-state index contributed by atoms with van der Waals surface area (Å²) in [6.45, 7) is 0.156. The van der Waals surface area contributed by atoms with E-state index in [2.05, 4.69) is 5.32 Å². The van der Waals surface area contributed by atoms with Crippen molar-refractivity contribution in [3.05, 3.63) is 81.8 Å². The van der Waals surface area contributed by atoms with E-state index in [1.54, 1.807) is 24.3 Å². The molecule has 2 heterocycles. The van der Waals surface area contributed by atoms with Crippen LogP contribution in [0.3, 0.4) is 0 Å². The first-order valence-corrected chi connectivity index (χ1v) is 10.7. The molecule has 158 valence electrons. The molecule has 6 nitrogen and oxygen atoms in total. The summed E-state index contributed by atoms with van der Waals surface area (Å²) in [5.74, 6) is -1.31. The van der Waals surface area contributed by atoms with Crippen LogP contribution in [0.5, 0.6) is 0 Å². The summed E-state index contributed by atoms with van der Waals surface area (Å²) in [6, 6.07) is 13.8. The van der Waals surface area contributed by atoms with E-state index < -0.39 is 29.7 Å². The van der Waals surface area contributed by atoms with E-state index in [4.69, 9.17) is 11.6 Å². The molecule has 4 amide bonds. The predicted molar refractivity (Wildman–Crippen MR) is 118 cm³/mol. The van der Waals surface area contributed by atoms with Crippen LogP contribution in [-0.4, -0.2) is 28.8 Å². The van der Waals surface area contributed by atoms with Crippen molar-refractivity contribution in [2.75, 3.05) is 10.2 Å². The molecule has 1 aliphatic rings. The highest BCUT2D eigenvalue weighted by molar-refractivity contribution is 7.09. The number of amides is 4. The Morgan fingerprint density at radius 3 is 2.48 bits per heavy atom. The minimum Gasteiger partial charge on any atom is -0.308 e. The van der Waals surface area contributed by atoms with Crippen molar-refractivity contribution in [2.24, 2.45) is 0 Å². The lowest BCUT2D eigenvalue weighted by Crippen LogP contribution is -2.46. The highest BCUT2D eigenvalue weighted by Crippen LogP contribution is 2.28. The zero-order chi connectivity index (χ0) is 22.0. The van der Waals surface area contributed by atoms with Crippen LogP contribution >= 0.6 is 22.9 Å². The van der Waals surface area contributed by atoms with Crippen molar-refractivity contribution in [3.8, 4) is 0 Å². The molecule has 1 saturated heterocycles. The van der Waals surface area contributed by atoms with Gasteiger partial charge >= 0.3 is 6.03 Å². The summed E-state index contributed by atoms with van der Waals surface area (Å²) >= 11 is 7.35. The zero-order valence-electron chi connectivity index (χ0n) is 16.1. The third-order valence-corrected chi connectivity index (χ3v) is 5.96. The predicted octanol–water partition coefficient (Wildman–Crippen LogP) is 4.91. The van der Waals surface area contributed by atoms with E-state index in [1.165, 1.54) is 40.5 Å². The first-order chi connectivity index (χ1) is 14.9. The fourth-order valence-corrected chi connectivity index (χ4v) is 4.17. The van der Waals surface area contributed by atoms with Crippen molar-refractivity contribution in [1.29, 1.82) is 0 Å². The van der Waals surface area contributed by atoms with Crippen LogP contribution in [0.25, 0.3) is 0 Å². The van der Waals surface area contributed by atoms with Crippen LogP contribution in [0.2, 0.25) is 5.02 Å². The Kier molecular flexibility index (Phi) is 6.01. The number of hydrogen-bond donors (Lipinski definition) is 1. The number of nitrogens with zero attached hydrogens (tertiary/aromatic N) is 2. The topological polar surface area (TPSA) is 69.7 Å². The van der Waals surface area contributed by atoms with Crippen molar-refractivity contribution in [1.82, 2.24) is 4.90 Å². The summed E-state index contributed by atoms with van der Waals surface area (Å²) in [4.78, 5) is 42.2. The summed E-state index contributed by atoms with van der Waals surface area (Å²) in [7, 11) is 0. The Morgan fingerprint density at radius 1 is 1.13 bits per heavy atom. The van der Waals surface area contributed by atoms with Gasteiger partial charge in [0.2, 0.25) is 5.91 Å². The normalized spacial score (nSPS) is 15.9. The number of urea groups is 1. The Labute approximate surface area is 186 Å². The number of rotatable bonds is 5. The van der Waals surface area contributed by atoms with Gasteiger partial charge in [0.05, 0.1) is 18.7 Å². The molecular weight excluding hydrogens is 441 g/mol. The number of anilines is 2. The monoisotopic (exact) mass is 457 g/mol. The molecule has 0 radical (unpaired) electrons. The standard InChI is InChI=1S/C22H17ClFN3O3S/c23-14-3-9-17(10-4-14)27-20(28)12-19(21(27)29)26(13-18-2-1-11-31-18)22(30)25-16-7-5-15(24)6-8-16/h1-11,19H,12-13H2,(H,25,30). The van der Waals surface area contributed by atoms with E-state index in [-0.39, 0.29) is 13.0 Å². The molecule has 1 N–H and O–H groups in total. The quantitative estimate of drug-likeness (QED) is 0.553. The maximum Gasteiger partial charge on any atom is 0.322 e. The van der Waals surface area contributed by atoms with Gasteiger partial charge in [-0.1, -0.05) is 17.7 Å². The molecule has 1 aromatic heterocycles. The average Bonchev–Trinajstić information content (AvgIpc) is 3.36. The van der Waals surface area contributed by atoms with Gasteiger partial charge < -0.3 is 10.2 Å². The van der Waals surface area contributed by atoms with Crippen LogP contribution in [0, 0.1) is 5.82 Å². The smallest absolute Gasteiger partial charge is 0.308 e. The third-order valence-electron chi connectivity index (χ3n) is 4.85. The molecule has 4 rings (SSSR count). The van der Waals surface area contributed by atoms with Gasteiger partial charge in [0, 0.05) is 15.6 Å². The summed E-state index contributed by atoms with van der Waals surface area (Å²) in [6.07, 6.45) is -0.135. The Balaban J connectivity index is 1.60. The van der Waals surface area contributed by atoms with Gasteiger partial charge in [-0.2, -0.15) is 0 Å². The molecule has 0 bridgehead atoms. The van der Waals surface area contributed by atoms with Crippen molar-refractivity contribution in [3.63, 3.8) is 0 Å². The van der Waals surface area contributed by atoms with E-state index in [0.29, 0.717) is 16.4 Å². The zero-order valence-corrected chi connectivity index (χ0v) is 17.7. The third kappa shape index (κ3) is 4.60. The minimum absolute atomic E-state index is 0.135. The minimum atomic E-state index is -0.967. The first kappa shape index (κ1) is 21.0. The molecule has 31 heavy (non-hydrogen) atoms. The second kappa shape index (κ2) is 8.87. The van der Waals surface area contributed by atoms with Crippen LogP contribution in [0.4, 0.5) is 20.6 Å². The van der Waals surface area contributed by atoms with Crippen molar-refractivity contribution >= 4 is 52.2 Å². The summed E-state index contributed by atoms with van der Waals surface area (Å²) in [5.41, 5.74) is 0.783. The number of imide groups is 1. The molecule has 3 aromatic rings. The fraction of sp³-hybridized carbons (Fsp3) is 0.136. The van der Waals surface area contributed by atoms with Gasteiger partial charge in [-0.05, 0) is 60.0 Å².